The number of carbonyl (C=O) groups is 2. The van der Waals surface area contributed by atoms with Crippen molar-refractivity contribution in [1.29, 1.82) is 0 Å². The molecule has 0 radical (unpaired) electrons. The number of aryl methyl sites for hydroxylation is 1. The lowest BCUT2D eigenvalue weighted by molar-refractivity contribution is -0.160. The molecule has 1 heterocycles. The highest BCUT2D eigenvalue weighted by atomic mass is 35.5. The smallest absolute Gasteiger partial charge is 0.306 e. The molecule has 3 aromatic carbocycles. The average Bonchev–Trinajstić information content (AvgIpc) is 3.42. The summed E-state index contributed by atoms with van der Waals surface area (Å²) in [4.78, 5) is 26.8. The zero-order chi connectivity index (χ0) is 32.1. The molecule has 0 spiro atoms. The predicted molar refractivity (Wildman–Crippen MR) is 160 cm³/mol. The van der Waals surface area contributed by atoms with E-state index < -0.39 is 55.7 Å². The summed E-state index contributed by atoms with van der Waals surface area (Å²) in [6, 6.07) is 13.0. The Hall–Kier alpha value is -3.54. The number of ether oxygens (including phenoxy) is 1. The third-order valence-corrected chi connectivity index (χ3v) is 12.6. The SMILES string of the molecule is O=C(O)[C@H]1CC[C@](O)(C(=O)N2CC[C@@]3(S(=O)(=O)c4ccc(F)cc4)c4ccc(OCc5c(F)cccc5Cl)cc4CC[C@@H]23)CC1. The Morgan fingerprint density at radius 1 is 1.00 bits per heavy atom. The van der Waals surface area contributed by atoms with Crippen LogP contribution in [0.4, 0.5) is 8.78 Å². The van der Waals surface area contributed by atoms with Gasteiger partial charge < -0.3 is 19.8 Å². The lowest BCUT2D eigenvalue weighted by atomic mass is 9.76. The zero-order valence-corrected chi connectivity index (χ0v) is 25.8. The van der Waals surface area contributed by atoms with Crippen LogP contribution in [0.1, 0.15) is 55.2 Å². The summed E-state index contributed by atoms with van der Waals surface area (Å²) < 4.78 is 61.6. The number of fused-ring (bicyclic) bond motifs is 3. The minimum absolute atomic E-state index is 0.0347. The molecule has 0 unspecified atom stereocenters. The number of rotatable bonds is 7. The molecule has 8 nitrogen and oxygen atoms in total. The number of halogens is 3. The maximum atomic E-state index is 14.6. The fraction of sp³-hybridized carbons (Fsp3) is 0.394. The molecular formula is C33H32ClF2NO7S. The van der Waals surface area contributed by atoms with Crippen LogP contribution in [0.15, 0.2) is 65.6 Å². The molecule has 238 valence electrons. The first-order valence-corrected chi connectivity index (χ1v) is 16.7. The normalized spacial score (nSPS) is 26.2. The molecule has 45 heavy (non-hydrogen) atoms. The van der Waals surface area contributed by atoms with Gasteiger partial charge in [-0.2, -0.15) is 0 Å². The number of carbonyl (C=O) groups excluding carboxylic acids is 1. The molecule has 2 aliphatic carbocycles. The summed E-state index contributed by atoms with van der Waals surface area (Å²) in [5, 5.41) is 21.0. The molecule has 2 atom stereocenters. The Kier molecular flexibility index (Phi) is 8.16. The maximum absolute atomic E-state index is 14.6. The van der Waals surface area contributed by atoms with Crippen LogP contribution >= 0.6 is 11.6 Å². The fourth-order valence-electron chi connectivity index (χ4n) is 7.31. The van der Waals surface area contributed by atoms with Crippen LogP contribution in [-0.2, 0) is 37.2 Å². The Morgan fingerprint density at radius 3 is 2.38 bits per heavy atom. The van der Waals surface area contributed by atoms with E-state index in [0.717, 1.165) is 12.1 Å². The lowest BCUT2D eigenvalue weighted by Gasteiger charge is -2.44. The van der Waals surface area contributed by atoms with Gasteiger partial charge >= 0.3 is 5.97 Å². The first-order chi connectivity index (χ1) is 21.4. The number of carboxylic acids is 1. The van der Waals surface area contributed by atoms with E-state index in [9.17, 15) is 37.0 Å². The van der Waals surface area contributed by atoms with Crippen molar-refractivity contribution in [2.75, 3.05) is 6.54 Å². The van der Waals surface area contributed by atoms with Gasteiger partial charge in [-0.05, 0) is 105 Å². The van der Waals surface area contributed by atoms with Crippen molar-refractivity contribution in [3.8, 4) is 5.75 Å². The van der Waals surface area contributed by atoms with Gasteiger partial charge in [-0.15, -0.1) is 0 Å². The second-order valence-corrected chi connectivity index (χ2v) is 14.7. The van der Waals surface area contributed by atoms with E-state index in [2.05, 4.69) is 0 Å². The second kappa shape index (κ2) is 11.7. The number of amides is 1. The third-order valence-electron chi connectivity index (χ3n) is 9.73. The highest BCUT2D eigenvalue weighted by Crippen LogP contribution is 2.54. The van der Waals surface area contributed by atoms with Crippen molar-refractivity contribution in [1.82, 2.24) is 4.90 Å². The zero-order valence-electron chi connectivity index (χ0n) is 24.2. The van der Waals surface area contributed by atoms with Gasteiger partial charge in [0.25, 0.3) is 5.91 Å². The number of aliphatic carboxylic acids is 1. The first-order valence-electron chi connectivity index (χ1n) is 14.8. The highest BCUT2D eigenvalue weighted by Gasteiger charge is 2.62. The Balaban J connectivity index is 1.37. The summed E-state index contributed by atoms with van der Waals surface area (Å²) in [6.07, 6.45) is 0.893. The minimum atomic E-state index is -4.23. The quantitative estimate of drug-likeness (QED) is 0.325. The fourth-order valence-corrected chi connectivity index (χ4v) is 9.89. The number of hydrogen-bond donors (Lipinski definition) is 2. The molecule has 2 fully saturated rings. The van der Waals surface area contributed by atoms with Gasteiger partial charge in [0, 0.05) is 12.1 Å². The summed E-state index contributed by atoms with van der Waals surface area (Å²) in [5.74, 6) is -2.94. The van der Waals surface area contributed by atoms with Crippen LogP contribution in [0, 0.1) is 17.6 Å². The lowest BCUT2D eigenvalue weighted by Crippen LogP contribution is -2.57. The molecule has 3 aliphatic rings. The minimum Gasteiger partial charge on any atom is -0.489 e. The van der Waals surface area contributed by atoms with E-state index in [0.29, 0.717) is 23.3 Å². The monoisotopic (exact) mass is 659 g/mol. The number of carboxylic acid groups (broad SMARTS) is 1. The average molecular weight is 660 g/mol. The van der Waals surface area contributed by atoms with Crippen molar-refractivity contribution in [2.45, 2.75) is 72.8 Å². The van der Waals surface area contributed by atoms with Gasteiger partial charge in [-0.3, -0.25) is 9.59 Å². The van der Waals surface area contributed by atoms with Crippen molar-refractivity contribution in [3.05, 3.63) is 94.0 Å². The molecule has 2 N–H and O–H groups in total. The molecule has 0 bridgehead atoms. The Bertz CT molecular complexity index is 1740. The predicted octanol–water partition coefficient (Wildman–Crippen LogP) is 5.42. The van der Waals surface area contributed by atoms with Gasteiger partial charge in [-0.25, -0.2) is 17.2 Å². The van der Waals surface area contributed by atoms with E-state index in [-0.39, 0.29) is 67.2 Å². The van der Waals surface area contributed by atoms with Gasteiger partial charge in [-0.1, -0.05) is 23.7 Å². The summed E-state index contributed by atoms with van der Waals surface area (Å²) >= 11 is 6.15. The van der Waals surface area contributed by atoms with E-state index >= 15 is 0 Å². The van der Waals surface area contributed by atoms with Gasteiger partial charge in [0.05, 0.1) is 21.9 Å². The standard InChI is InChI=1S/C33H32ClF2NO7S/c34-27-2-1-3-28(36)25(27)19-44-23-7-10-26-21(18-23)4-11-29-33(26,45(42,43)24-8-5-22(35)6-9-24)16-17-37(29)31(40)32(41)14-12-20(13-15-32)30(38)39/h1-3,5-10,18,20,29,41H,4,11-17,19H2,(H,38,39)/t20-,29-,32+,33-/m1/s1. The molecule has 1 saturated heterocycles. The van der Waals surface area contributed by atoms with Gasteiger partial charge in [0.1, 0.15) is 34.3 Å². The highest BCUT2D eigenvalue weighted by molar-refractivity contribution is 7.92. The molecule has 1 amide bonds. The van der Waals surface area contributed by atoms with Crippen molar-refractivity contribution in [3.63, 3.8) is 0 Å². The molecule has 1 saturated carbocycles. The van der Waals surface area contributed by atoms with E-state index in [1.54, 1.807) is 24.3 Å². The second-order valence-electron chi connectivity index (χ2n) is 12.1. The Morgan fingerprint density at radius 2 is 1.71 bits per heavy atom. The molecule has 12 heteroatoms. The van der Waals surface area contributed by atoms with Crippen LogP contribution in [-0.4, -0.2) is 53.6 Å². The van der Waals surface area contributed by atoms with Gasteiger partial charge in [0.15, 0.2) is 9.84 Å². The van der Waals surface area contributed by atoms with E-state index in [4.69, 9.17) is 16.3 Å². The maximum Gasteiger partial charge on any atom is 0.306 e. The van der Waals surface area contributed by atoms with Crippen LogP contribution in [0.5, 0.6) is 5.75 Å². The van der Waals surface area contributed by atoms with Crippen molar-refractivity contribution < 1.29 is 41.7 Å². The number of benzene rings is 3. The summed E-state index contributed by atoms with van der Waals surface area (Å²) in [6.45, 7) is -0.0897. The molecule has 1 aliphatic heterocycles. The van der Waals surface area contributed by atoms with E-state index in [1.807, 2.05) is 0 Å². The number of aliphatic hydroxyl groups is 1. The van der Waals surface area contributed by atoms with Gasteiger partial charge in [0.2, 0.25) is 0 Å². The number of hydrogen-bond acceptors (Lipinski definition) is 6. The number of sulfone groups is 1. The topological polar surface area (TPSA) is 121 Å². The van der Waals surface area contributed by atoms with Crippen LogP contribution in [0.25, 0.3) is 0 Å². The van der Waals surface area contributed by atoms with Crippen LogP contribution in [0.2, 0.25) is 5.02 Å². The third kappa shape index (κ3) is 5.28. The molecular weight excluding hydrogens is 628 g/mol. The van der Waals surface area contributed by atoms with Crippen molar-refractivity contribution in [2.24, 2.45) is 5.92 Å². The molecule has 0 aromatic heterocycles. The summed E-state index contributed by atoms with van der Waals surface area (Å²) in [7, 11) is -4.23. The number of likely N-dealkylation sites (tertiary alicyclic amines) is 1. The van der Waals surface area contributed by atoms with Crippen molar-refractivity contribution >= 4 is 33.3 Å². The van der Waals surface area contributed by atoms with Crippen LogP contribution in [0.3, 0.4) is 0 Å². The Labute approximate surface area is 264 Å². The first kappa shape index (κ1) is 31.4. The van der Waals surface area contributed by atoms with E-state index in [1.165, 1.54) is 29.2 Å². The molecule has 3 aromatic rings. The van der Waals surface area contributed by atoms with Crippen LogP contribution < -0.4 is 4.74 Å². The summed E-state index contributed by atoms with van der Waals surface area (Å²) in [5.41, 5.74) is -0.444. The largest absolute Gasteiger partial charge is 0.489 e. The number of nitrogens with zero attached hydrogens (tertiary/aromatic N) is 1. The molecule has 6 rings (SSSR count).